The molecule has 0 atom stereocenters. The van der Waals surface area contributed by atoms with Gasteiger partial charge in [0.05, 0.1) is 0 Å². The molecule has 0 saturated heterocycles. The third kappa shape index (κ3) is 1.12. The zero-order valence-corrected chi connectivity index (χ0v) is 5.98. The van der Waals surface area contributed by atoms with E-state index in [-0.39, 0.29) is 18.1 Å². The minimum atomic E-state index is -2.60. The Morgan fingerprint density at radius 1 is 1.27 bits per heavy atom. The van der Waals surface area contributed by atoms with Crippen LogP contribution >= 0.6 is 0 Å². The van der Waals surface area contributed by atoms with E-state index in [1.165, 1.54) is 6.07 Å². The number of hydrogen-bond donors (Lipinski definition) is 1. The maximum absolute atomic E-state index is 12.7. The molecular weight excluding hydrogens is 148 g/mol. The lowest BCUT2D eigenvalue weighted by molar-refractivity contribution is 0.00303. The van der Waals surface area contributed by atoms with Crippen LogP contribution in [0.3, 0.4) is 0 Å². The van der Waals surface area contributed by atoms with Crippen molar-refractivity contribution < 1.29 is 8.78 Å². The zero-order valence-electron chi connectivity index (χ0n) is 5.98. The van der Waals surface area contributed by atoms with Gasteiger partial charge in [-0.2, -0.15) is 0 Å². The van der Waals surface area contributed by atoms with Crippen LogP contribution in [0.25, 0.3) is 0 Å². The summed E-state index contributed by atoms with van der Waals surface area (Å²) in [4.78, 5) is 0. The maximum Gasteiger partial charge on any atom is 0.277 e. The lowest BCUT2D eigenvalue weighted by atomic mass is 10.2. The molecule has 0 fully saturated rings. The molecule has 3 heteroatoms. The van der Waals surface area contributed by atoms with Gasteiger partial charge in [-0.15, -0.1) is 0 Å². The van der Waals surface area contributed by atoms with Gasteiger partial charge in [0.2, 0.25) is 0 Å². The first-order valence-electron chi connectivity index (χ1n) is 3.16. The molecule has 0 spiro atoms. The molecule has 60 valence electrons. The Balaban J connectivity index is 0.000000605. The fourth-order valence-corrected chi connectivity index (χ4v) is 1.27. The van der Waals surface area contributed by atoms with Crippen molar-refractivity contribution in [2.75, 3.05) is 0 Å². The molecule has 0 unspecified atom stereocenters. The van der Waals surface area contributed by atoms with E-state index in [1.807, 2.05) is 0 Å². The Labute approximate surface area is 63.6 Å². The number of fused-ring (bicyclic) bond motifs is 2. The van der Waals surface area contributed by atoms with Crippen LogP contribution in [0.5, 0.6) is 0 Å². The van der Waals surface area contributed by atoms with Crippen molar-refractivity contribution in [1.29, 1.82) is 0 Å². The zero-order chi connectivity index (χ0) is 7.19. The molecule has 1 nitrogen and oxygen atoms in total. The van der Waals surface area contributed by atoms with E-state index < -0.39 is 5.92 Å². The van der Waals surface area contributed by atoms with Crippen LogP contribution in [0.4, 0.5) is 8.78 Å². The Hall–Kier alpha value is -0.960. The van der Waals surface area contributed by atoms with Crippen LogP contribution in [-0.4, -0.2) is 0 Å². The van der Waals surface area contributed by atoms with Crippen LogP contribution in [0.2, 0.25) is 0 Å². The summed E-state index contributed by atoms with van der Waals surface area (Å²) >= 11 is 0. The molecule has 1 aromatic carbocycles. The molecule has 1 aliphatic carbocycles. The predicted octanol–water partition coefficient (Wildman–Crippen LogP) is 2.50. The molecule has 3 N–H and O–H groups in total. The molecule has 2 bridgehead atoms. The van der Waals surface area contributed by atoms with Gasteiger partial charge in [0.1, 0.15) is 0 Å². The Bertz CT molecular complexity index is 271. The van der Waals surface area contributed by atoms with Crippen molar-refractivity contribution >= 4 is 0 Å². The van der Waals surface area contributed by atoms with Crippen molar-refractivity contribution in [3.8, 4) is 0 Å². The van der Waals surface area contributed by atoms with E-state index in [1.54, 1.807) is 18.2 Å². The van der Waals surface area contributed by atoms with Crippen molar-refractivity contribution in [1.82, 2.24) is 6.15 Å². The molecule has 2 rings (SSSR count). The number of hydrogen-bond acceptors (Lipinski definition) is 1. The standard InChI is InChI=1S/C8H6F2.H3N/c9-8(10)5-6-2-1-3-7(8)4-6;/h1-4H,5H2;1H3. The van der Waals surface area contributed by atoms with Gasteiger partial charge in [-0.3, -0.25) is 0 Å². The first kappa shape index (κ1) is 8.14. The summed E-state index contributed by atoms with van der Waals surface area (Å²) in [6.45, 7) is 0. The number of rotatable bonds is 0. The van der Waals surface area contributed by atoms with Crippen molar-refractivity contribution in [2.45, 2.75) is 12.3 Å². The highest BCUT2D eigenvalue weighted by atomic mass is 19.3. The maximum atomic E-state index is 12.7. The summed E-state index contributed by atoms with van der Waals surface area (Å²) in [5.74, 6) is -2.60. The SMILES string of the molecule is FC1(F)Cc2cccc1c2.N. The molecule has 0 radical (unpaired) electrons. The molecule has 1 aromatic rings. The smallest absolute Gasteiger partial charge is 0.277 e. The van der Waals surface area contributed by atoms with E-state index in [4.69, 9.17) is 0 Å². The first-order valence-corrected chi connectivity index (χ1v) is 3.16. The van der Waals surface area contributed by atoms with Gasteiger partial charge >= 0.3 is 0 Å². The topological polar surface area (TPSA) is 35.0 Å². The summed E-state index contributed by atoms with van der Waals surface area (Å²) in [6.07, 6.45) is -0.116. The highest BCUT2D eigenvalue weighted by molar-refractivity contribution is 5.34. The number of halogens is 2. The quantitative estimate of drug-likeness (QED) is 0.616. The number of alkyl halides is 2. The minimum absolute atomic E-state index is 0. The van der Waals surface area contributed by atoms with Gasteiger partial charge in [0, 0.05) is 12.0 Å². The van der Waals surface area contributed by atoms with Crippen LogP contribution in [0.15, 0.2) is 24.3 Å². The Kier molecular flexibility index (Phi) is 1.68. The van der Waals surface area contributed by atoms with Crippen LogP contribution < -0.4 is 6.15 Å². The molecule has 0 aromatic heterocycles. The lowest BCUT2D eigenvalue weighted by Gasteiger charge is -2.06. The summed E-state index contributed by atoms with van der Waals surface area (Å²) < 4.78 is 25.5. The third-order valence-corrected chi connectivity index (χ3v) is 1.78. The minimum Gasteiger partial charge on any atom is -0.344 e. The van der Waals surface area contributed by atoms with Crippen LogP contribution in [-0.2, 0) is 12.3 Å². The molecule has 1 aliphatic rings. The van der Waals surface area contributed by atoms with Crippen molar-refractivity contribution in [2.24, 2.45) is 0 Å². The fourth-order valence-electron chi connectivity index (χ4n) is 1.27. The van der Waals surface area contributed by atoms with Crippen molar-refractivity contribution in [3.05, 3.63) is 35.4 Å². The summed E-state index contributed by atoms with van der Waals surface area (Å²) in [6, 6.07) is 6.42. The molecule has 0 heterocycles. The van der Waals surface area contributed by atoms with Crippen molar-refractivity contribution in [3.63, 3.8) is 0 Å². The van der Waals surface area contributed by atoms with Gasteiger partial charge in [0.25, 0.3) is 5.92 Å². The summed E-state index contributed by atoms with van der Waals surface area (Å²) in [7, 11) is 0. The average molecular weight is 157 g/mol. The first-order chi connectivity index (χ1) is 4.68. The van der Waals surface area contributed by atoms with E-state index in [0.29, 0.717) is 0 Å². The monoisotopic (exact) mass is 157 g/mol. The Morgan fingerprint density at radius 2 is 2.00 bits per heavy atom. The fraction of sp³-hybridized carbons (Fsp3) is 0.250. The molecule has 0 amide bonds. The second kappa shape index (κ2) is 2.27. The van der Waals surface area contributed by atoms with E-state index in [2.05, 4.69) is 0 Å². The molecule has 0 saturated carbocycles. The van der Waals surface area contributed by atoms with Gasteiger partial charge in [-0.05, 0) is 11.6 Å². The summed E-state index contributed by atoms with van der Waals surface area (Å²) in [5.41, 5.74) is 0.896. The van der Waals surface area contributed by atoms with Gasteiger partial charge in [-0.1, -0.05) is 18.2 Å². The largest absolute Gasteiger partial charge is 0.344 e. The highest BCUT2D eigenvalue weighted by Gasteiger charge is 2.36. The van der Waals surface area contributed by atoms with Gasteiger partial charge in [0.15, 0.2) is 0 Å². The van der Waals surface area contributed by atoms with E-state index >= 15 is 0 Å². The van der Waals surface area contributed by atoms with Gasteiger partial charge < -0.3 is 6.15 Å². The second-order valence-electron chi connectivity index (χ2n) is 2.58. The second-order valence-corrected chi connectivity index (χ2v) is 2.58. The summed E-state index contributed by atoms with van der Waals surface area (Å²) in [5, 5.41) is 0. The number of benzene rings is 1. The molecule has 11 heavy (non-hydrogen) atoms. The lowest BCUT2D eigenvalue weighted by Crippen LogP contribution is -2.09. The van der Waals surface area contributed by atoms with E-state index in [0.717, 1.165) is 5.56 Å². The predicted molar refractivity (Wildman–Crippen MR) is 39.1 cm³/mol. The molecule has 0 aliphatic heterocycles. The third-order valence-electron chi connectivity index (χ3n) is 1.78. The molecular formula is C8H9F2N. The normalized spacial score (nSPS) is 17.6. The van der Waals surface area contributed by atoms with Crippen LogP contribution in [0.1, 0.15) is 11.1 Å². The van der Waals surface area contributed by atoms with Gasteiger partial charge in [-0.25, -0.2) is 8.78 Å². The van der Waals surface area contributed by atoms with Crippen LogP contribution in [0, 0.1) is 0 Å². The average Bonchev–Trinajstić information content (AvgIpc) is 2.04. The van der Waals surface area contributed by atoms with E-state index in [9.17, 15) is 8.78 Å². The highest BCUT2D eigenvalue weighted by Crippen LogP contribution is 2.37. The Morgan fingerprint density at radius 3 is 2.55 bits per heavy atom.